The molecule has 5 heteroatoms. The van der Waals surface area contributed by atoms with Gasteiger partial charge in [-0.15, -0.1) is 0 Å². The number of hydrogen-bond acceptors (Lipinski definition) is 3. The molecule has 0 saturated carbocycles. The zero-order valence-corrected chi connectivity index (χ0v) is 16.0. The fourth-order valence-corrected chi connectivity index (χ4v) is 3.48. The van der Waals surface area contributed by atoms with Gasteiger partial charge < -0.3 is 4.90 Å². The first-order valence-electron chi connectivity index (χ1n) is 9.28. The van der Waals surface area contributed by atoms with E-state index in [0.29, 0.717) is 0 Å². The van der Waals surface area contributed by atoms with Gasteiger partial charge in [-0.25, -0.2) is 0 Å². The number of hydrogen-bond donors (Lipinski definition) is 0. The minimum Gasteiger partial charge on any atom is -0.338 e. The van der Waals surface area contributed by atoms with Gasteiger partial charge in [0.15, 0.2) is 0 Å². The van der Waals surface area contributed by atoms with E-state index in [0.717, 1.165) is 56.1 Å². The lowest BCUT2D eigenvalue weighted by Crippen LogP contribution is -2.34. The zero-order chi connectivity index (χ0) is 18.5. The Bertz CT molecular complexity index is 779. The van der Waals surface area contributed by atoms with E-state index in [1.165, 1.54) is 5.56 Å². The van der Waals surface area contributed by atoms with E-state index in [2.05, 4.69) is 34.3 Å². The summed E-state index contributed by atoms with van der Waals surface area (Å²) in [6.45, 7) is 8.50. The van der Waals surface area contributed by atoms with Crippen molar-refractivity contribution in [2.45, 2.75) is 26.8 Å². The second-order valence-electron chi connectivity index (χ2n) is 6.98. The lowest BCUT2D eigenvalue weighted by Gasteiger charge is -2.21. The van der Waals surface area contributed by atoms with E-state index in [4.69, 9.17) is 0 Å². The third-order valence-electron chi connectivity index (χ3n) is 5.11. The molecular weight excluding hydrogens is 324 g/mol. The highest BCUT2D eigenvalue weighted by Crippen LogP contribution is 2.14. The predicted molar refractivity (Wildman–Crippen MR) is 105 cm³/mol. The molecule has 138 valence electrons. The van der Waals surface area contributed by atoms with E-state index >= 15 is 0 Å². The summed E-state index contributed by atoms with van der Waals surface area (Å²) in [5.74, 6) is 0.0919. The van der Waals surface area contributed by atoms with E-state index < -0.39 is 0 Å². The average Bonchev–Trinajstić information content (AvgIpc) is 2.81. The summed E-state index contributed by atoms with van der Waals surface area (Å²) in [7, 11) is 1.93. The Morgan fingerprint density at radius 1 is 1.12 bits per heavy atom. The van der Waals surface area contributed by atoms with Crippen molar-refractivity contribution < 1.29 is 4.79 Å². The molecule has 1 aliphatic rings. The van der Waals surface area contributed by atoms with E-state index in [9.17, 15) is 4.79 Å². The van der Waals surface area contributed by atoms with Gasteiger partial charge in [0.25, 0.3) is 0 Å². The molecular formula is C21H28N4O. The molecule has 1 aromatic carbocycles. The van der Waals surface area contributed by atoms with Gasteiger partial charge in [0.1, 0.15) is 0 Å². The van der Waals surface area contributed by atoms with Gasteiger partial charge in [-0.1, -0.05) is 30.3 Å². The fraction of sp³-hybridized carbons (Fsp3) is 0.429. The van der Waals surface area contributed by atoms with Crippen molar-refractivity contribution in [3.8, 4) is 0 Å². The number of benzene rings is 1. The van der Waals surface area contributed by atoms with Crippen molar-refractivity contribution in [3.05, 3.63) is 58.9 Å². The molecule has 0 atom stereocenters. The fourth-order valence-electron chi connectivity index (χ4n) is 3.48. The Kier molecular flexibility index (Phi) is 5.89. The van der Waals surface area contributed by atoms with Crippen LogP contribution < -0.4 is 0 Å². The topological polar surface area (TPSA) is 41.4 Å². The highest BCUT2D eigenvalue weighted by atomic mass is 16.2. The van der Waals surface area contributed by atoms with Crippen LogP contribution in [0.15, 0.2) is 36.4 Å². The van der Waals surface area contributed by atoms with Crippen LogP contribution >= 0.6 is 0 Å². The third-order valence-corrected chi connectivity index (χ3v) is 5.11. The standard InChI is InChI=1S/C21H28N4O/c1-17-20(18(2)23(3)22-17)10-11-21(26)25-13-7-12-24(14-15-25)16-19-8-5-4-6-9-19/h4-6,8-11H,7,12-16H2,1-3H3/b11-10+. The second kappa shape index (κ2) is 8.32. The van der Waals surface area contributed by atoms with Crippen LogP contribution in [0.5, 0.6) is 0 Å². The van der Waals surface area contributed by atoms with Crippen molar-refractivity contribution in [1.82, 2.24) is 19.6 Å². The number of carbonyl (C=O) groups is 1. The summed E-state index contributed by atoms with van der Waals surface area (Å²) >= 11 is 0. The first kappa shape index (κ1) is 18.4. The van der Waals surface area contributed by atoms with Crippen LogP contribution in [0.2, 0.25) is 0 Å². The predicted octanol–water partition coefficient (Wildman–Crippen LogP) is 2.78. The number of nitrogens with zero attached hydrogens (tertiary/aromatic N) is 4. The van der Waals surface area contributed by atoms with E-state index in [-0.39, 0.29) is 5.91 Å². The number of aryl methyl sites for hydroxylation is 2. The molecule has 0 unspecified atom stereocenters. The Morgan fingerprint density at radius 2 is 1.88 bits per heavy atom. The maximum absolute atomic E-state index is 12.6. The van der Waals surface area contributed by atoms with Gasteiger partial charge in [-0.05, 0) is 31.9 Å². The maximum atomic E-state index is 12.6. The lowest BCUT2D eigenvalue weighted by molar-refractivity contribution is -0.125. The quantitative estimate of drug-likeness (QED) is 0.795. The molecule has 26 heavy (non-hydrogen) atoms. The van der Waals surface area contributed by atoms with Crippen molar-refractivity contribution in [3.63, 3.8) is 0 Å². The Balaban J connectivity index is 1.58. The molecule has 1 saturated heterocycles. The summed E-state index contributed by atoms with van der Waals surface area (Å²) in [4.78, 5) is 17.0. The van der Waals surface area contributed by atoms with E-state index in [1.807, 2.05) is 42.6 Å². The Morgan fingerprint density at radius 3 is 2.58 bits per heavy atom. The van der Waals surface area contributed by atoms with Gasteiger partial charge in [0, 0.05) is 57.1 Å². The first-order valence-corrected chi connectivity index (χ1v) is 9.28. The van der Waals surface area contributed by atoms with Crippen molar-refractivity contribution in [1.29, 1.82) is 0 Å². The summed E-state index contributed by atoms with van der Waals surface area (Å²) in [5.41, 5.74) is 4.41. The molecule has 1 amide bonds. The first-order chi connectivity index (χ1) is 12.5. The molecule has 0 aliphatic carbocycles. The highest BCUT2D eigenvalue weighted by molar-refractivity contribution is 5.92. The average molecular weight is 352 g/mol. The molecule has 0 spiro atoms. The van der Waals surface area contributed by atoms with Crippen molar-refractivity contribution in [2.24, 2.45) is 7.05 Å². The highest BCUT2D eigenvalue weighted by Gasteiger charge is 2.18. The lowest BCUT2D eigenvalue weighted by atomic mass is 10.2. The van der Waals surface area contributed by atoms with Gasteiger partial charge in [0.2, 0.25) is 5.91 Å². The van der Waals surface area contributed by atoms with Gasteiger partial charge in [-0.2, -0.15) is 5.10 Å². The number of amides is 1. The molecule has 3 rings (SSSR count). The molecule has 2 aromatic rings. The van der Waals surface area contributed by atoms with Crippen LogP contribution in [-0.4, -0.2) is 51.7 Å². The number of carbonyl (C=O) groups excluding carboxylic acids is 1. The number of aromatic nitrogens is 2. The van der Waals surface area contributed by atoms with Crippen LogP contribution in [0.4, 0.5) is 0 Å². The molecule has 0 radical (unpaired) electrons. The van der Waals surface area contributed by atoms with Gasteiger partial charge in [-0.3, -0.25) is 14.4 Å². The summed E-state index contributed by atoms with van der Waals surface area (Å²) in [6.07, 6.45) is 4.62. The van der Waals surface area contributed by atoms with Crippen molar-refractivity contribution >= 4 is 12.0 Å². The SMILES string of the molecule is Cc1nn(C)c(C)c1/C=C/C(=O)N1CCCN(Cc2ccccc2)CC1. The van der Waals surface area contributed by atoms with Crippen LogP contribution in [0, 0.1) is 13.8 Å². The third kappa shape index (κ3) is 4.41. The van der Waals surface area contributed by atoms with E-state index in [1.54, 1.807) is 6.08 Å². The largest absolute Gasteiger partial charge is 0.338 e. The second-order valence-corrected chi connectivity index (χ2v) is 6.98. The molecule has 2 heterocycles. The molecule has 1 aromatic heterocycles. The molecule has 0 bridgehead atoms. The van der Waals surface area contributed by atoms with Crippen LogP contribution in [-0.2, 0) is 18.4 Å². The van der Waals surface area contributed by atoms with Crippen molar-refractivity contribution in [2.75, 3.05) is 26.2 Å². The number of rotatable bonds is 4. The summed E-state index contributed by atoms with van der Waals surface area (Å²) in [6, 6.07) is 10.5. The van der Waals surface area contributed by atoms with Gasteiger partial charge in [0.05, 0.1) is 5.69 Å². The Hall–Kier alpha value is -2.40. The molecule has 1 fully saturated rings. The molecule has 0 N–H and O–H groups in total. The van der Waals surface area contributed by atoms with Crippen LogP contribution in [0.25, 0.3) is 6.08 Å². The minimum atomic E-state index is 0.0919. The monoisotopic (exact) mass is 352 g/mol. The van der Waals surface area contributed by atoms with Gasteiger partial charge >= 0.3 is 0 Å². The molecule has 1 aliphatic heterocycles. The van der Waals surface area contributed by atoms with Crippen LogP contribution in [0.1, 0.15) is 28.9 Å². The van der Waals surface area contributed by atoms with Crippen LogP contribution in [0.3, 0.4) is 0 Å². The minimum absolute atomic E-state index is 0.0919. The summed E-state index contributed by atoms with van der Waals surface area (Å²) < 4.78 is 1.85. The smallest absolute Gasteiger partial charge is 0.246 e. The summed E-state index contributed by atoms with van der Waals surface area (Å²) in [5, 5.41) is 4.40. The zero-order valence-electron chi connectivity index (χ0n) is 16.0. The Labute approximate surface area is 155 Å². The molecule has 5 nitrogen and oxygen atoms in total. The normalized spacial score (nSPS) is 16.2. The maximum Gasteiger partial charge on any atom is 0.246 e.